The molecule has 118 valence electrons. The molecule has 0 fully saturated rings. The highest BCUT2D eigenvalue weighted by atomic mass is 32.2. The molecule has 0 aromatic carbocycles. The second-order valence-electron chi connectivity index (χ2n) is 4.11. The molecule has 0 radical (unpaired) electrons. The number of carbonyl (C=O) groups is 1. The van der Waals surface area contributed by atoms with Gasteiger partial charge in [-0.05, 0) is 6.07 Å². The van der Waals surface area contributed by atoms with E-state index in [0.717, 1.165) is 16.6 Å². The van der Waals surface area contributed by atoms with Gasteiger partial charge in [0.2, 0.25) is 15.6 Å². The fraction of sp³-hybridized carbons (Fsp3) is 0.500. The lowest BCUT2D eigenvalue weighted by Crippen LogP contribution is -2.36. The van der Waals surface area contributed by atoms with E-state index in [-0.39, 0.29) is 31.0 Å². The van der Waals surface area contributed by atoms with Crippen LogP contribution in [0, 0.1) is 0 Å². The van der Waals surface area contributed by atoms with Gasteiger partial charge in [0.25, 0.3) is 0 Å². The zero-order valence-corrected chi connectivity index (χ0v) is 12.7. The van der Waals surface area contributed by atoms with Crippen molar-refractivity contribution in [3.63, 3.8) is 0 Å². The van der Waals surface area contributed by atoms with Crippen molar-refractivity contribution in [2.24, 2.45) is 0 Å². The molecule has 8 nitrogen and oxygen atoms in total. The predicted molar refractivity (Wildman–Crippen MR) is 74.3 cm³/mol. The van der Waals surface area contributed by atoms with E-state index in [0.29, 0.717) is 0 Å². The molecule has 1 aromatic rings. The van der Waals surface area contributed by atoms with Crippen molar-refractivity contribution in [1.82, 2.24) is 9.29 Å². The molecule has 0 aliphatic carbocycles. The van der Waals surface area contributed by atoms with E-state index < -0.39 is 21.6 Å². The summed E-state index contributed by atoms with van der Waals surface area (Å²) in [7, 11) is -1.13. The molecule has 0 spiro atoms. The number of methoxy groups -OCH3 is 2. The predicted octanol–water partition coefficient (Wildman–Crippen LogP) is -0.425. The van der Waals surface area contributed by atoms with E-state index in [1.165, 1.54) is 20.3 Å². The molecule has 0 bridgehead atoms. The molecule has 0 saturated carbocycles. The van der Waals surface area contributed by atoms with Crippen molar-refractivity contribution < 1.29 is 22.7 Å². The number of carbonyl (C=O) groups excluding carboxylic acids is 1. The summed E-state index contributed by atoms with van der Waals surface area (Å²) >= 11 is 0. The molecule has 0 aliphatic rings. The van der Waals surface area contributed by atoms with E-state index >= 15 is 0 Å². The number of esters is 1. The maximum atomic E-state index is 12.4. The number of rotatable bonds is 8. The Labute approximate surface area is 122 Å². The highest BCUT2D eigenvalue weighted by Gasteiger charge is 2.25. The van der Waals surface area contributed by atoms with Gasteiger partial charge < -0.3 is 14.5 Å². The molecule has 1 rings (SSSR count). The lowest BCUT2D eigenvalue weighted by Gasteiger charge is -2.21. The van der Waals surface area contributed by atoms with Crippen LogP contribution in [0.1, 0.15) is 6.42 Å². The summed E-state index contributed by atoms with van der Waals surface area (Å²) < 4.78 is 35.4. The Morgan fingerprint density at radius 2 is 2.00 bits per heavy atom. The minimum Gasteiger partial charge on any atom is -0.469 e. The van der Waals surface area contributed by atoms with Crippen molar-refractivity contribution in [3.05, 3.63) is 28.7 Å². The third kappa shape index (κ3) is 4.96. The number of hydrogen-bond acceptors (Lipinski definition) is 6. The number of aromatic nitrogens is 1. The lowest BCUT2D eigenvalue weighted by molar-refractivity contribution is -0.140. The standard InChI is InChI=1S/C12H18N2O6S/c1-19-8-7-14(6-5-12(16)20-2)21(17,18)10-3-4-11(15)13-9-10/h3-4,9H,5-8H2,1-2H3,(H,13,15). The van der Waals surface area contributed by atoms with Crippen LogP contribution in [-0.2, 0) is 24.3 Å². The van der Waals surface area contributed by atoms with Crippen LogP contribution in [0.5, 0.6) is 0 Å². The van der Waals surface area contributed by atoms with Crippen LogP contribution in [0.2, 0.25) is 0 Å². The Kier molecular flexibility index (Phi) is 6.53. The molecule has 21 heavy (non-hydrogen) atoms. The number of ether oxygens (including phenoxy) is 2. The third-order valence-electron chi connectivity index (χ3n) is 2.73. The van der Waals surface area contributed by atoms with E-state index in [9.17, 15) is 18.0 Å². The Morgan fingerprint density at radius 3 is 2.52 bits per heavy atom. The highest BCUT2D eigenvalue weighted by Crippen LogP contribution is 2.13. The van der Waals surface area contributed by atoms with Gasteiger partial charge in [-0.15, -0.1) is 0 Å². The second kappa shape index (κ2) is 7.91. The summed E-state index contributed by atoms with van der Waals surface area (Å²) in [6, 6.07) is 2.34. The molecule has 0 unspecified atom stereocenters. The van der Waals surface area contributed by atoms with Gasteiger partial charge in [-0.3, -0.25) is 9.59 Å². The maximum Gasteiger partial charge on any atom is 0.306 e. The first kappa shape index (κ1) is 17.3. The molecule has 0 amide bonds. The van der Waals surface area contributed by atoms with Gasteiger partial charge >= 0.3 is 5.97 Å². The summed E-state index contributed by atoms with van der Waals surface area (Å²) in [6.45, 7) is 0.246. The first-order chi connectivity index (χ1) is 9.91. The molecule has 0 atom stereocenters. The Hall–Kier alpha value is -1.71. The van der Waals surface area contributed by atoms with Gasteiger partial charge in [0.05, 0.1) is 25.0 Å². The summed E-state index contributed by atoms with van der Waals surface area (Å²) in [6.07, 6.45) is 1.05. The molecule has 9 heteroatoms. The number of pyridine rings is 1. The zero-order chi connectivity index (χ0) is 15.9. The van der Waals surface area contributed by atoms with Crippen LogP contribution < -0.4 is 5.56 Å². The first-order valence-electron chi connectivity index (χ1n) is 6.16. The van der Waals surface area contributed by atoms with E-state index in [1.807, 2.05) is 0 Å². The van der Waals surface area contributed by atoms with Gasteiger partial charge in [-0.2, -0.15) is 4.31 Å². The van der Waals surface area contributed by atoms with Gasteiger partial charge in [-0.1, -0.05) is 0 Å². The molecule has 0 saturated heterocycles. The number of sulfonamides is 1. The van der Waals surface area contributed by atoms with Crippen molar-refractivity contribution in [2.75, 3.05) is 33.9 Å². The summed E-state index contributed by atoms with van der Waals surface area (Å²) in [4.78, 5) is 24.4. The molecular formula is C12H18N2O6S. The summed E-state index contributed by atoms with van der Waals surface area (Å²) in [5, 5.41) is 0. The largest absolute Gasteiger partial charge is 0.469 e. The molecule has 1 N–H and O–H groups in total. The molecule has 1 heterocycles. The molecule has 0 aliphatic heterocycles. The second-order valence-corrected chi connectivity index (χ2v) is 6.05. The van der Waals surface area contributed by atoms with Gasteiger partial charge in [-0.25, -0.2) is 8.42 Å². The smallest absolute Gasteiger partial charge is 0.306 e. The van der Waals surface area contributed by atoms with E-state index in [2.05, 4.69) is 9.72 Å². The van der Waals surface area contributed by atoms with Crippen molar-refractivity contribution in [2.45, 2.75) is 11.3 Å². The van der Waals surface area contributed by atoms with E-state index in [1.54, 1.807) is 0 Å². The van der Waals surface area contributed by atoms with Crippen molar-refractivity contribution >= 4 is 16.0 Å². The third-order valence-corrected chi connectivity index (χ3v) is 4.63. The van der Waals surface area contributed by atoms with Gasteiger partial charge in [0.1, 0.15) is 0 Å². The number of hydrogen-bond donors (Lipinski definition) is 1. The summed E-state index contributed by atoms with van der Waals surface area (Å²) in [5.74, 6) is -0.505. The topological polar surface area (TPSA) is 106 Å². The quantitative estimate of drug-likeness (QED) is 0.652. The monoisotopic (exact) mass is 318 g/mol. The average Bonchev–Trinajstić information content (AvgIpc) is 2.47. The van der Waals surface area contributed by atoms with Crippen LogP contribution in [0.25, 0.3) is 0 Å². The Balaban J connectivity index is 2.96. The number of nitrogens with one attached hydrogen (secondary N) is 1. The van der Waals surface area contributed by atoms with Crippen LogP contribution in [0.3, 0.4) is 0 Å². The maximum absolute atomic E-state index is 12.4. The molecule has 1 aromatic heterocycles. The normalized spacial score (nSPS) is 11.6. The SMILES string of the molecule is COCCN(CCC(=O)OC)S(=O)(=O)c1ccc(=O)[nH]c1. The summed E-state index contributed by atoms with van der Waals surface area (Å²) in [5.41, 5.74) is -0.396. The van der Waals surface area contributed by atoms with Gasteiger partial charge in [0, 0.05) is 32.5 Å². The van der Waals surface area contributed by atoms with Gasteiger partial charge in [0.15, 0.2) is 0 Å². The van der Waals surface area contributed by atoms with Crippen LogP contribution in [0.15, 0.2) is 28.0 Å². The number of H-pyrrole nitrogens is 1. The Morgan fingerprint density at radius 1 is 1.29 bits per heavy atom. The minimum atomic E-state index is -3.82. The number of nitrogens with zero attached hydrogens (tertiary/aromatic N) is 1. The average molecular weight is 318 g/mol. The fourth-order valence-corrected chi connectivity index (χ4v) is 2.96. The fourth-order valence-electron chi connectivity index (χ4n) is 1.57. The highest BCUT2D eigenvalue weighted by molar-refractivity contribution is 7.89. The minimum absolute atomic E-state index is 0.0303. The van der Waals surface area contributed by atoms with Crippen LogP contribution >= 0.6 is 0 Å². The number of aromatic amines is 1. The van der Waals surface area contributed by atoms with Crippen molar-refractivity contribution in [1.29, 1.82) is 0 Å². The lowest BCUT2D eigenvalue weighted by atomic mass is 10.4. The molecular weight excluding hydrogens is 300 g/mol. The Bertz CT molecular complexity index is 604. The van der Waals surface area contributed by atoms with E-state index in [4.69, 9.17) is 4.74 Å². The zero-order valence-electron chi connectivity index (χ0n) is 11.9. The van der Waals surface area contributed by atoms with Crippen molar-refractivity contribution in [3.8, 4) is 0 Å². The first-order valence-corrected chi connectivity index (χ1v) is 7.60. The van der Waals surface area contributed by atoms with Crippen LogP contribution in [-0.4, -0.2) is 57.6 Å². The van der Waals surface area contributed by atoms with Crippen LogP contribution in [0.4, 0.5) is 0 Å².